The number of hydrogen-bond acceptors (Lipinski definition) is 8. The zero-order valence-corrected chi connectivity index (χ0v) is 19.9. The minimum atomic E-state index is -3.66. The summed E-state index contributed by atoms with van der Waals surface area (Å²) in [6.07, 6.45) is 1.21. The number of sulfonamides is 1. The number of amides is 1. The number of aromatic nitrogens is 2. The summed E-state index contributed by atoms with van der Waals surface area (Å²) >= 11 is 3.34. The third-order valence-electron chi connectivity index (χ3n) is 5.19. The number of aryl methyl sites for hydroxylation is 2. The van der Waals surface area contributed by atoms with Crippen molar-refractivity contribution in [1.82, 2.24) is 19.3 Å². The molecule has 1 aromatic carbocycles. The van der Waals surface area contributed by atoms with Gasteiger partial charge in [-0.1, -0.05) is 29.1 Å². The van der Waals surface area contributed by atoms with Crippen LogP contribution < -0.4 is 0 Å². The Morgan fingerprint density at radius 1 is 1.19 bits per heavy atom. The maximum atomic E-state index is 12.9. The minimum absolute atomic E-state index is 0.0688. The second-order valence-electron chi connectivity index (χ2n) is 7.34. The van der Waals surface area contributed by atoms with Crippen LogP contribution in [-0.4, -0.2) is 65.6 Å². The van der Waals surface area contributed by atoms with Gasteiger partial charge in [-0.3, -0.25) is 4.79 Å². The number of para-hydroxylation sites is 1. The van der Waals surface area contributed by atoms with Gasteiger partial charge in [-0.15, -0.1) is 11.3 Å². The summed E-state index contributed by atoms with van der Waals surface area (Å²) in [6, 6.07) is 8.05. The van der Waals surface area contributed by atoms with Gasteiger partial charge in [0.05, 0.1) is 10.2 Å². The number of carbonyl (C=O) groups is 1. The first-order valence-corrected chi connectivity index (χ1v) is 13.3. The lowest BCUT2D eigenvalue weighted by Gasteiger charge is -2.34. The van der Waals surface area contributed by atoms with Crippen LogP contribution in [0.1, 0.15) is 24.3 Å². The van der Waals surface area contributed by atoms with Crippen molar-refractivity contribution in [1.29, 1.82) is 0 Å². The molecule has 11 heteroatoms. The van der Waals surface area contributed by atoms with Crippen molar-refractivity contribution in [3.63, 3.8) is 0 Å². The van der Waals surface area contributed by atoms with Gasteiger partial charge in [0.15, 0.2) is 10.1 Å². The van der Waals surface area contributed by atoms with Gasteiger partial charge in [0.2, 0.25) is 15.9 Å². The molecule has 166 valence electrons. The third-order valence-corrected chi connectivity index (χ3v) is 9.60. The van der Waals surface area contributed by atoms with Crippen LogP contribution in [0.2, 0.25) is 0 Å². The van der Waals surface area contributed by atoms with Crippen LogP contribution in [0.5, 0.6) is 0 Å². The van der Waals surface area contributed by atoms with Crippen LogP contribution >= 0.6 is 23.1 Å². The molecule has 0 N–H and O–H groups in total. The van der Waals surface area contributed by atoms with Crippen molar-refractivity contribution >= 4 is 49.2 Å². The van der Waals surface area contributed by atoms with Gasteiger partial charge >= 0.3 is 0 Å². The van der Waals surface area contributed by atoms with Gasteiger partial charge < -0.3 is 9.42 Å². The number of hydrogen-bond donors (Lipinski definition) is 0. The summed E-state index contributed by atoms with van der Waals surface area (Å²) in [4.78, 5) is 19.0. The van der Waals surface area contributed by atoms with Gasteiger partial charge in [0.25, 0.3) is 0 Å². The second kappa shape index (κ2) is 9.27. The average Bonchev–Trinajstić information content (AvgIpc) is 3.33. The van der Waals surface area contributed by atoms with Crippen LogP contribution in [0.15, 0.2) is 38.0 Å². The van der Waals surface area contributed by atoms with Crippen LogP contribution in [0.25, 0.3) is 10.2 Å². The van der Waals surface area contributed by atoms with E-state index in [-0.39, 0.29) is 23.9 Å². The number of carbonyl (C=O) groups excluding carboxylic acids is 1. The Kier molecular flexibility index (Phi) is 6.65. The summed E-state index contributed by atoms with van der Waals surface area (Å²) in [5.74, 6) is 1.19. The molecular formula is C20H24N4O4S3. The lowest BCUT2D eigenvalue weighted by molar-refractivity contribution is -0.132. The van der Waals surface area contributed by atoms with Gasteiger partial charge in [-0.25, -0.2) is 13.4 Å². The van der Waals surface area contributed by atoms with E-state index in [4.69, 9.17) is 4.52 Å². The van der Waals surface area contributed by atoms with Crippen molar-refractivity contribution in [2.24, 2.45) is 0 Å². The number of thiazole rings is 1. The molecule has 31 heavy (non-hydrogen) atoms. The molecule has 1 saturated heterocycles. The monoisotopic (exact) mass is 480 g/mol. The fraction of sp³-hybridized carbons (Fsp3) is 0.450. The first kappa shape index (κ1) is 22.3. The lowest BCUT2D eigenvalue weighted by atomic mass is 10.2. The molecule has 1 amide bonds. The molecule has 4 rings (SSSR count). The zero-order valence-electron chi connectivity index (χ0n) is 17.4. The summed E-state index contributed by atoms with van der Waals surface area (Å²) in [6.45, 7) is 4.56. The number of benzene rings is 1. The summed E-state index contributed by atoms with van der Waals surface area (Å²) < 4.78 is 34.4. The van der Waals surface area contributed by atoms with Crippen molar-refractivity contribution in [3.8, 4) is 0 Å². The fourth-order valence-corrected chi connectivity index (χ4v) is 7.40. The van der Waals surface area contributed by atoms with E-state index in [1.807, 2.05) is 18.2 Å². The Bertz CT molecular complexity index is 1130. The molecule has 3 aromatic rings. The predicted molar refractivity (Wildman–Crippen MR) is 121 cm³/mol. The van der Waals surface area contributed by atoms with Crippen molar-refractivity contribution in [3.05, 3.63) is 35.7 Å². The SMILES string of the molecule is Cc1noc(C)c1S(=O)(=O)N1CCN(C(=O)CCCSc2nc3ccccc3s2)CC1. The number of thioether (sulfide) groups is 1. The summed E-state index contributed by atoms with van der Waals surface area (Å²) in [5.41, 5.74) is 1.37. The molecule has 0 radical (unpaired) electrons. The second-order valence-corrected chi connectivity index (χ2v) is 11.6. The number of nitrogens with zero attached hydrogens (tertiary/aromatic N) is 4. The van der Waals surface area contributed by atoms with Gasteiger partial charge in [-0.05, 0) is 32.4 Å². The molecule has 0 aliphatic carbocycles. The van der Waals surface area contributed by atoms with E-state index in [1.165, 1.54) is 9.01 Å². The van der Waals surface area contributed by atoms with Crippen LogP contribution in [0.4, 0.5) is 0 Å². The van der Waals surface area contributed by atoms with E-state index in [1.54, 1.807) is 41.8 Å². The number of fused-ring (bicyclic) bond motifs is 1. The van der Waals surface area contributed by atoms with E-state index in [0.717, 1.165) is 22.0 Å². The van der Waals surface area contributed by atoms with E-state index < -0.39 is 10.0 Å². The summed E-state index contributed by atoms with van der Waals surface area (Å²) in [5, 5.41) is 3.75. The van der Waals surface area contributed by atoms with Crippen LogP contribution in [0.3, 0.4) is 0 Å². The highest BCUT2D eigenvalue weighted by molar-refractivity contribution is 8.01. The van der Waals surface area contributed by atoms with Crippen molar-refractivity contribution in [2.75, 3.05) is 31.9 Å². The van der Waals surface area contributed by atoms with E-state index >= 15 is 0 Å². The molecule has 1 aliphatic heterocycles. The first-order chi connectivity index (χ1) is 14.9. The first-order valence-electron chi connectivity index (χ1n) is 10.1. The zero-order chi connectivity index (χ0) is 22.0. The Balaban J connectivity index is 1.24. The molecule has 0 spiro atoms. The molecule has 0 atom stereocenters. The van der Waals surface area contributed by atoms with Gasteiger partial charge in [0.1, 0.15) is 10.6 Å². The predicted octanol–water partition coefficient (Wildman–Crippen LogP) is 3.31. The van der Waals surface area contributed by atoms with Crippen molar-refractivity contribution in [2.45, 2.75) is 35.9 Å². The largest absolute Gasteiger partial charge is 0.360 e. The molecule has 0 bridgehead atoms. The standard InChI is InChI=1S/C20H24N4O4S3/c1-14-19(15(2)28-22-14)31(26,27)24-11-9-23(10-12-24)18(25)8-5-13-29-20-21-16-6-3-4-7-17(16)30-20/h3-4,6-7H,5,8-13H2,1-2H3. The molecular weight excluding hydrogens is 456 g/mol. The minimum Gasteiger partial charge on any atom is -0.360 e. The maximum absolute atomic E-state index is 12.9. The highest BCUT2D eigenvalue weighted by Gasteiger charge is 2.34. The molecule has 1 fully saturated rings. The molecule has 8 nitrogen and oxygen atoms in total. The smallest absolute Gasteiger partial charge is 0.248 e. The van der Waals surface area contributed by atoms with E-state index in [9.17, 15) is 13.2 Å². The molecule has 2 aromatic heterocycles. The highest BCUT2D eigenvalue weighted by Crippen LogP contribution is 2.30. The Hall–Kier alpha value is -1.95. The highest BCUT2D eigenvalue weighted by atomic mass is 32.2. The molecule has 1 aliphatic rings. The molecule has 0 saturated carbocycles. The lowest BCUT2D eigenvalue weighted by Crippen LogP contribution is -2.50. The van der Waals surface area contributed by atoms with Crippen molar-refractivity contribution < 1.29 is 17.7 Å². The Morgan fingerprint density at radius 2 is 1.94 bits per heavy atom. The molecule has 3 heterocycles. The van der Waals surface area contributed by atoms with Crippen LogP contribution in [0, 0.1) is 13.8 Å². The topological polar surface area (TPSA) is 96.6 Å². The summed E-state index contributed by atoms with van der Waals surface area (Å²) in [7, 11) is -3.66. The number of piperazine rings is 1. The quantitative estimate of drug-likeness (QED) is 0.378. The Morgan fingerprint density at radius 3 is 2.61 bits per heavy atom. The van der Waals surface area contributed by atoms with E-state index in [0.29, 0.717) is 31.0 Å². The van der Waals surface area contributed by atoms with Gasteiger partial charge in [0, 0.05) is 38.4 Å². The molecule has 0 unspecified atom stereocenters. The third kappa shape index (κ3) is 4.79. The normalized spacial score (nSPS) is 15.6. The van der Waals surface area contributed by atoms with E-state index in [2.05, 4.69) is 16.2 Å². The van der Waals surface area contributed by atoms with Gasteiger partial charge in [-0.2, -0.15) is 4.31 Å². The maximum Gasteiger partial charge on any atom is 0.248 e. The van der Waals surface area contributed by atoms with Crippen LogP contribution in [-0.2, 0) is 14.8 Å². The Labute approximate surface area is 189 Å². The average molecular weight is 481 g/mol. The number of rotatable bonds is 7. The fourth-order valence-electron chi connectivity index (χ4n) is 3.60.